The fraction of sp³-hybridized carbons (Fsp3) is 0.500. The van der Waals surface area contributed by atoms with Gasteiger partial charge in [0, 0.05) is 0 Å². The topological polar surface area (TPSA) is 20.2 Å². The van der Waals surface area contributed by atoms with E-state index in [0.717, 1.165) is 12.8 Å². The van der Waals surface area contributed by atoms with Gasteiger partial charge >= 0.3 is 6.92 Å². The lowest BCUT2D eigenvalue weighted by molar-refractivity contribution is 0.597. The van der Waals surface area contributed by atoms with Crippen LogP contribution in [0.2, 0.25) is 0 Å². The van der Waals surface area contributed by atoms with Crippen molar-refractivity contribution in [2.45, 2.75) is 51.4 Å². The molecule has 96 valence electrons. The van der Waals surface area contributed by atoms with Gasteiger partial charge < -0.3 is 5.02 Å². The summed E-state index contributed by atoms with van der Waals surface area (Å²) >= 11 is 0. The first-order valence-electron chi connectivity index (χ1n) is 7.27. The molecule has 2 aliphatic carbocycles. The van der Waals surface area contributed by atoms with E-state index in [4.69, 9.17) is 0 Å². The highest BCUT2D eigenvalue weighted by Gasteiger charge is 2.05. The van der Waals surface area contributed by atoms with E-state index in [0.29, 0.717) is 0 Å². The van der Waals surface area contributed by atoms with Crippen molar-refractivity contribution in [3.63, 3.8) is 0 Å². The molecule has 2 aliphatic rings. The van der Waals surface area contributed by atoms with Crippen molar-refractivity contribution >= 4 is 6.92 Å². The second-order valence-electron chi connectivity index (χ2n) is 5.26. The lowest BCUT2D eigenvalue weighted by Crippen LogP contribution is -2.05. The summed E-state index contributed by atoms with van der Waals surface area (Å²) in [6.45, 7) is -0.448. The lowest BCUT2D eigenvalue weighted by atomic mass is 9.67. The zero-order valence-corrected chi connectivity index (χ0v) is 11.1. The second-order valence-corrected chi connectivity index (χ2v) is 5.26. The number of rotatable bonds is 4. The summed E-state index contributed by atoms with van der Waals surface area (Å²) in [7, 11) is 0. The standard InChI is InChI=1S/C16H23BO/c18-17(13-11-15-7-3-1-4-8-15)14-12-16-9-5-2-6-10-16/h7,9,11-14,18H,1-6,8,10H2. The molecule has 1 N–H and O–H groups in total. The smallest absolute Gasteiger partial charge is 0.343 e. The Hall–Kier alpha value is -1.02. The molecule has 0 radical (unpaired) electrons. The van der Waals surface area contributed by atoms with Gasteiger partial charge in [0.15, 0.2) is 0 Å². The van der Waals surface area contributed by atoms with Crippen LogP contribution in [0.4, 0.5) is 0 Å². The zero-order chi connectivity index (χ0) is 12.6. The van der Waals surface area contributed by atoms with E-state index < -0.39 is 6.92 Å². The van der Waals surface area contributed by atoms with E-state index in [1.165, 1.54) is 49.7 Å². The van der Waals surface area contributed by atoms with Crippen LogP contribution in [0.5, 0.6) is 0 Å². The number of hydrogen-bond donors (Lipinski definition) is 1. The molecule has 0 saturated heterocycles. The van der Waals surface area contributed by atoms with Gasteiger partial charge in [-0.3, -0.25) is 0 Å². The van der Waals surface area contributed by atoms with Crippen molar-refractivity contribution in [2.75, 3.05) is 0 Å². The van der Waals surface area contributed by atoms with Crippen LogP contribution in [0.15, 0.2) is 47.4 Å². The molecule has 0 amide bonds. The van der Waals surface area contributed by atoms with Gasteiger partial charge in [-0.1, -0.05) is 47.4 Å². The highest BCUT2D eigenvalue weighted by atomic mass is 16.2. The minimum absolute atomic E-state index is 0.448. The Morgan fingerprint density at radius 2 is 1.33 bits per heavy atom. The van der Waals surface area contributed by atoms with Gasteiger partial charge in [0.1, 0.15) is 0 Å². The molecule has 1 nitrogen and oxygen atoms in total. The first kappa shape index (κ1) is 13.4. The highest BCUT2D eigenvalue weighted by Crippen LogP contribution is 2.19. The Bertz CT molecular complexity index is 341. The molecule has 0 unspecified atom stereocenters. The van der Waals surface area contributed by atoms with Crippen LogP contribution in [0.3, 0.4) is 0 Å². The average molecular weight is 242 g/mol. The van der Waals surface area contributed by atoms with Crippen molar-refractivity contribution in [2.24, 2.45) is 0 Å². The van der Waals surface area contributed by atoms with Crippen LogP contribution < -0.4 is 0 Å². The minimum atomic E-state index is -0.448. The average Bonchev–Trinajstić information content (AvgIpc) is 2.45. The van der Waals surface area contributed by atoms with Crippen molar-refractivity contribution in [1.29, 1.82) is 0 Å². The summed E-state index contributed by atoms with van der Waals surface area (Å²) < 4.78 is 0. The molecule has 0 bridgehead atoms. The van der Waals surface area contributed by atoms with Gasteiger partial charge in [-0.05, 0) is 51.4 Å². The first-order valence-corrected chi connectivity index (χ1v) is 7.27. The Morgan fingerprint density at radius 1 is 0.833 bits per heavy atom. The van der Waals surface area contributed by atoms with Crippen LogP contribution in [0, 0.1) is 0 Å². The van der Waals surface area contributed by atoms with Gasteiger partial charge in [0.05, 0.1) is 0 Å². The summed E-state index contributed by atoms with van der Waals surface area (Å²) in [4.78, 5) is 0. The molecule has 0 aromatic carbocycles. The molecule has 0 aliphatic heterocycles. The van der Waals surface area contributed by atoms with Gasteiger partial charge in [-0.15, -0.1) is 0 Å². The van der Waals surface area contributed by atoms with Crippen LogP contribution in [-0.2, 0) is 0 Å². The van der Waals surface area contributed by atoms with Crippen molar-refractivity contribution in [1.82, 2.24) is 0 Å². The molecule has 0 aromatic heterocycles. The molecule has 2 heteroatoms. The van der Waals surface area contributed by atoms with Gasteiger partial charge in [-0.25, -0.2) is 0 Å². The van der Waals surface area contributed by atoms with Crippen LogP contribution in [-0.4, -0.2) is 11.9 Å². The molecule has 0 heterocycles. The third kappa shape index (κ3) is 4.69. The van der Waals surface area contributed by atoms with Crippen molar-refractivity contribution in [3.8, 4) is 0 Å². The first-order chi connectivity index (χ1) is 8.84. The molecular formula is C16H23BO. The third-order valence-electron chi connectivity index (χ3n) is 3.67. The predicted molar refractivity (Wildman–Crippen MR) is 79.4 cm³/mol. The van der Waals surface area contributed by atoms with Gasteiger partial charge in [0.25, 0.3) is 0 Å². The molecule has 0 spiro atoms. The molecule has 0 aromatic rings. The minimum Gasteiger partial charge on any atom is -0.443 e. The molecule has 0 saturated carbocycles. The summed E-state index contributed by atoms with van der Waals surface area (Å²) in [6.07, 6.45) is 18.7. The van der Waals surface area contributed by atoms with E-state index in [1.807, 2.05) is 12.0 Å². The van der Waals surface area contributed by atoms with Crippen LogP contribution in [0.25, 0.3) is 0 Å². The largest absolute Gasteiger partial charge is 0.443 e. The Morgan fingerprint density at radius 3 is 1.72 bits per heavy atom. The van der Waals surface area contributed by atoms with Crippen LogP contribution >= 0.6 is 0 Å². The normalized spacial score (nSPS) is 21.2. The number of allylic oxidation sites excluding steroid dienone is 6. The van der Waals surface area contributed by atoms with Crippen molar-refractivity contribution in [3.05, 3.63) is 47.4 Å². The predicted octanol–water partition coefficient (Wildman–Crippen LogP) is 4.16. The van der Waals surface area contributed by atoms with E-state index in [1.54, 1.807) is 0 Å². The molecule has 2 rings (SSSR count). The van der Waals surface area contributed by atoms with E-state index in [-0.39, 0.29) is 0 Å². The van der Waals surface area contributed by atoms with Crippen LogP contribution in [0.1, 0.15) is 51.4 Å². The summed E-state index contributed by atoms with van der Waals surface area (Å²) in [6, 6.07) is 0. The van der Waals surface area contributed by atoms with Crippen molar-refractivity contribution < 1.29 is 5.02 Å². The quantitative estimate of drug-likeness (QED) is 0.734. The fourth-order valence-corrected chi connectivity index (χ4v) is 2.54. The fourth-order valence-electron chi connectivity index (χ4n) is 2.54. The molecule has 0 fully saturated rings. The van der Waals surface area contributed by atoms with Gasteiger partial charge in [-0.2, -0.15) is 0 Å². The second kappa shape index (κ2) is 7.43. The lowest BCUT2D eigenvalue weighted by Gasteiger charge is -2.09. The van der Waals surface area contributed by atoms with E-state index in [9.17, 15) is 5.02 Å². The summed E-state index contributed by atoms with van der Waals surface area (Å²) in [5.41, 5.74) is 2.76. The number of hydrogen-bond acceptors (Lipinski definition) is 1. The molecule has 0 atom stereocenters. The Labute approximate surface area is 111 Å². The maximum atomic E-state index is 9.88. The summed E-state index contributed by atoms with van der Waals surface area (Å²) in [5, 5.41) is 9.88. The molecular weight excluding hydrogens is 219 g/mol. The van der Waals surface area contributed by atoms with E-state index in [2.05, 4.69) is 24.3 Å². The molecule has 18 heavy (non-hydrogen) atoms. The Balaban J connectivity index is 1.82. The highest BCUT2D eigenvalue weighted by molar-refractivity contribution is 6.61. The monoisotopic (exact) mass is 242 g/mol. The zero-order valence-electron chi connectivity index (χ0n) is 11.1. The van der Waals surface area contributed by atoms with Gasteiger partial charge in [0.2, 0.25) is 0 Å². The maximum absolute atomic E-state index is 9.88. The third-order valence-corrected chi connectivity index (χ3v) is 3.67. The maximum Gasteiger partial charge on any atom is 0.343 e. The van der Waals surface area contributed by atoms with E-state index >= 15 is 0 Å². The SMILES string of the molecule is OB(C=CC1=CCCCC1)C=CC1=CCCCC1. The summed E-state index contributed by atoms with van der Waals surface area (Å²) in [5.74, 6) is 3.80. The Kier molecular flexibility index (Phi) is 5.54.